The Bertz CT molecular complexity index is 490. The van der Waals surface area contributed by atoms with E-state index in [1.54, 1.807) is 0 Å². The quantitative estimate of drug-likeness (QED) is 0.840. The summed E-state index contributed by atoms with van der Waals surface area (Å²) in [5.74, 6) is 2.47. The molecule has 3 heteroatoms. The Kier molecular flexibility index (Phi) is 4.59. The van der Waals surface area contributed by atoms with E-state index in [9.17, 15) is 4.79 Å². The van der Waals surface area contributed by atoms with Crippen LogP contribution < -0.4 is 5.32 Å². The van der Waals surface area contributed by atoms with Gasteiger partial charge in [-0.15, -0.1) is 6.42 Å². The van der Waals surface area contributed by atoms with Crippen LogP contribution in [-0.4, -0.2) is 18.6 Å². The van der Waals surface area contributed by atoms with Crippen LogP contribution in [0.3, 0.4) is 0 Å². The topological polar surface area (TPSA) is 38.3 Å². The zero-order valence-corrected chi connectivity index (χ0v) is 11.2. The van der Waals surface area contributed by atoms with Crippen molar-refractivity contribution >= 4 is 5.91 Å². The van der Waals surface area contributed by atoms with Gasteiger partial charge in [-0.05, 0) is 24.0 Å². The number of fused-ring (bicyclic) bond motifs is 1. The number of rotatable bonds is 4. The van der Waals surface area contributed by atoms with Crippen LogP contribution in [0.25, 0.3) is 0 Å². The average molecular weight is 257 g/mol. The van der Waals surface area contributed by atoms with Gasteiger partial charge < -0.3 is 10.1 Å². The first-order valence-corrected chi connectivity index (χ1v) is 6.72. The molecular weight excluding hydrogens is 238 g/mol. The van der Waals surface area contributed by atoms with Crippen molar-refractivity contribution in [3.63, 3.8) is 0 Å². The molecule has 0 saturated heterocycles. The fourth-order valence-corrected chi connectivity index (χ4v) is 2.34. The molecule has 2 unspecified atom stereocenters. The molecule has 3 nitrogen and oxygen atoms in total. The van der Waals surface area contributed by atoms with Gasteiger partial charge in [0.25, 0.3) is 5.91 Å². The van der Waals surface area contributed by atoms with Crippen LogP contribution >= 0.6 is 0 Å². The van der Waals surface area contributed by atoms with Crippen LogP contribution in [-0.2, 0) is 16.0 Å². The highest BCUT2D eigenvalue weighted by Crippen LogP contribution is 2.27. The van der Waals surface area contributed by atoms with Crippen molar-refractivity contribution in [1.82, 2.24) is 5.32 Å². The smallest absolute Gasteiger partial charge is 0.254 e. The molecular formula is C16H19NO2. The minimum atomic E-state index is -0.530. The lowest BCUT2D eigenvalue weighted by Crippen LogP contribution is -2.39. The maximum atomic E-state index is 12.3. The Morgan fingerprint density at radius 2 is 2.37 bits per heavy atom. The van der Waals surface area contributed by atoms with Crippen LogP contribution in [0.5, 0.6) is 0 Å². The van der Waals surface area contributed by atoms with Crippen molar-refractivity contribution in [3.05, 3.63) is 35.4 Å². The van der Waals surface area contributed by atoms with E-state index in [4.69, 9.17) is 11.2 Å². The predicted octanol–water partition coefficient (Wildman–Crippen LogP) is 2.22. The average Bonchev–Trinajstić information content (AvgIpc) is 2.46. The number of hydrogen-bond acceptors (Lipinski definition) is 2. The minimum Gasteiger partial charge on any atom is -0.363 e. The van der Waals surface area contributed by atoms with Crippen molar-refractivity contribution in [2.75, 3.05) is 6.61 Å². The number of carbonyl (C=O) groups is 1. The summed E-state index contributed by atoms with van der Waals surface area (Å²) < 4.78 is 5.61. The molecule has 1 aliphatic heterocycles. The van der Waals surface area contributed by atoms with Crippen LogP contribution in [0.15, 0.2) is 24.3 Å². The Hall–Kier alpha value is -1.79. The molecule has 100 valence electrons. The van der Waals surface area contributed by atoms with E-state index in [2.05, 4.69) is 11.2 Å². The fraction of sp³-hybridized carbons (Fsp3) is 0.438. The van der Waals surface area contributed by atoms with Gasteiger partial charge in [0.05, 0.1) is 12.6 Å². The van der Waals surface area contributed by atoms with E-state index in [1.165, 1.54) is 5.56 Å². The van der Waals surface area contributed by atoms with E-state index in [0.29, 0.717) is 6.61 Å². The highest BCUT2D eigenvalue weighted by atomic mass is 16.5. The van der Waals surface area contributed by atoms with Gasteiger partial charge >= 0.3 is 0 Å². The van der Waals surface area contributed by atoms with Crippen molar-refractivity contribution < 1.29 is 9.53 Å². The summed E-state index contributed by atoms with van der Waals surface area (Å²) in [5.41, 5.74) is 2.14. The Morgan fingerprint density at radius 3 is 3.11 bits per heavy atom. The van der Waals surface area contributed by atoms with Crippen molar-refractivity contribution in [1.29, 1.82) is 0 Å². The molecule has 19 heavy (non-hydrogen) atoms. The largest absolute Gasteiger partial charge is 0.363 e. The number of benzene rings is 1. The highest BCUT2D eigenvalue weighted by molar-refractivity contribution is 5.83. The molecule has 0 bridgehead atoms. The molecule has 0 fully saturated rings. The minimum absolute atomic E-state index is 0.136. The summed E-state index contributed by atoms with van der Waals surface area (Å²) in [7, 11) is 0. The van der Waals surface area contributed by atoms with E-state index in [-0.39, 0.29) is 11.9 Å². The lowest BCUT2D eigenvalue weighted by atomic mass is 9.97. The molecule has 0 spiro atoms. The summed E-state index contributed by atoms with van der Waals surface area (Å²) in [6.45, 7) is 2.62. The number of amides is 1. The molecule has 1 heterocycles. The standard InChI is InChI=1S/C16H19NO2/c1-3-7-13(4-2)17-16(18)15-14-9-6-5-8-12(14)10-11-19-15/h2,5-6,8-9,13,15H,3,7,10-11H2,1H3,(H,17,18). The lowest BCUT2D eigenvalue weighted by Gasteiger charge is -2.26. The monoisotopic (exact) mass is 257 g/mol. The molecule has 0 aliphatic carbocycles. The Balaban J connectivity index is 2.11. The number of hydrogen-bond donors (Lipinski definition) is 1. The van der Waals surface area contributed by atoms with Gasteiger partial charge in [0, 0.05) is 0 Å². The SMILES string of the molecule is C#CC(CCC)NC(=O)C1OCCc2ccccc21. The third kappa shape index (κ3) is 3.15. The van der Waals surface area contributed by atoms with Crippen LogP contribution in [0.2, 0.25) is 0 Å². The maximum Gasteiger partial charge on any atom is 0.254 e. The van der Waals surface area contributed by atoms with Crippen LogP contribution in [0.1, 0.15) is 37.0 Å². The van der Waals surface area contributed by atoms with Gasteiger partial charge in [-0.3, -0.25) is 4.79 Å². The first kappa shape index (κ1) is 13.6. The molecule has 1 N–H and O–H groups in total. The van der Waals surface area contributed by atoms with Crippen LogP contribution in [0.4, 0.5) is 0 Å². The molecule has 0 radical (unpaired) electrons. The van der Waals surface area contributed by atoms with Gasteiger partial charge in [0.15, 0.2) is 6.10 Å². The summed E-state index contributed by atoms with van der Waals surface area (Å²) in [6, 6.07) is 7.70. The van der Waals surface area contributed by atoms with Gasteiger partial charge in [-0.25, -0.2) is 0 Å². The molecule has 0 aromatic heterocycles. The molecule has 2 atom stereocenters. The number of carbonyl (C=O) groups excluding carboxylic acids is 1. The molecule has 1 aromatic rings. The van der Waals surface area contributed by atoms with E-state index >= 15 is 0 Å². The molecule has 1 aliphatic rings. The summed E-state index contributed by atoms with van der Waals surface area (Å²) in [5, 5.41) is 2.88. The highest BCUT2D eigenvalue weighted by Gasteiger charge is 2.27. The Morgan fingerprint density at radius 1 is 1.58 bits per heavy atom. The normalized spacial score (nSPS) is 19.1. The van der Waals surface area contributed by atoms with Crippen molar-refractivity contribution in [3.8, 4) is 12.3 Å². The molecule has 1 amide bonds. The first-order valence-electron chi connectivity index (χ1n) is 6.72. The van der Waals surface area contributed by atoms with Gasteiger partial charge in [0.1, 0.15) is 0 Å². The Labute approximate surface area is 114 Å². The number of nitrogens with one attached hydrogen (secondary N) is 1. The predicted molar refractivity (Wildman–Crippen MR) is 74.5 cm³/mol. The van der Waals surface area contributed by atoms with Crippen LogP contribution in [0, 0.1) is 12.3 Å². The van der Waals surface area contributed by atoms with E-state index in [1.807, 2.05) is 31.2 Å². The van der Waals surface area contributed by atoms with E-state index < -0.39 is 6.10 Å². The maximum absolute atomic E-state index is 12.3. The number of ether oxygens (including phenoxy) is 1. The molecule has 2 rings (SSSR count). The van der Waals surface area contributed by atoms with E-state index in [0.717, 1.165) is 24.8 Å². The van der Waals surface area contributed by atoms with Gasteiger partial charge in [-0.2, -0.15) is 0 Å². The molecule has 1 aromatic carbocycles. The van der Waals surface area contributed by atoms with Gasteiger partial charge in [-0.1, -0.05) is 43.5 Å². The zero-order chi connectivity index (χ0) is 13.7. The summed E-state index contributed by atoms with van der Waals surface area (Å²) in [4.78, 5) is 12.3. The summed E-state index contributed by atoms with van der Waals surface area (Å²) in [6.07, 6.45) is 7.48. The molecule has 0 saturated carbocycles. The second-order valence-electron chi connectivity index (χ2n) is 4.72. The fourth-order valence-electron chi connectivity index (χ4n) is 2.34. The van der Waals surface area contributed by atoms with Crippen molar-refractivity contribution in [2.45, 2.75) is 38.3 Å². The second kappa shape index (κ2) is 6.40. The third-order valence-corrected chi connectivity index (χ3v) is 3.33. The third-order valence-electron chi connectivity index (χ3n) is 3.33. The van der Waals surface area contributed by atoms with Crippen molar-refractivity contribution in [2.24, 2.45) is 0 Å². The lowest BCUT2D eigenvalue weighted by molar-refractivity contribution is -0.134. The van der Waals surface area contributed by atoms with Gasteiger partial charge in [0.2, 0.25) is 0 Å². The summed E-state index contributed by atoms with van der Waals surface area (Å²) >= 11 is 0. The first-order chi connectivity index (χ1) is 9.26. The second-order valence-corrected chi connectivity index (χ2v) is 4.72. The number of terminal acetylenes is 1. The zero-order valence-electron chi connectivity index (χ0n) is 11.2.